The molecule has 2 heterocycles. The molecule has 0 atom stereocenters. The second kappa shape index (κ2) is 15.7. The fourth-order valence-corrected chi connectivity index (χ4v) is 7.66. The predicted octanol–water partition coefficient (Wildman–Crippen LogP) is 7.40. The number of thioether (sulfide) groups is 1. The summed E-state index contributed by atoms with van der Waals surface area (Å²) in [7, 11) is 1.36. The predicted molar refractivity (Wildman–Crippen MR) is 182 cm³/mol. The third-order valence-corrected chi connectivity index (χ3v) is 10.2. The highest BCUT2D eigenvalue weighted by molar-refractivity contribution is 8.00. The number of thiophene rings is 2. The molecule has 5 rings (SSSR count). The fourth-order valence-electron chi connectivity index (χ4n) is 4.96. The first-order valence-corrected chi connectivity index (χ1v) is 17.3. The van der Waals surface area contributed by atoms with Crippen LogP contribution in [0.5, 0.6) is 0 Å². The van der Waals surface area contributed by atoms with Crippen LogP contribution in [-0.2, 0) is 27.2 Å². The molecule has 0 saturated heterocycles. The Morgan fingerprint density at radius 3 is 2.47 bits per heavy atom. The number of amides is 3. The van der Waals surface area contributed by atoms with Crippen LogP contribution in [0.25, 0.3) is 6.08 Å². The number of hydrogen-bond donors (Lipinski definition) is 3. The molecule has 2 aromatic heterocycles. The molecule has 0 saturated carbocycles. The number of fused-ring (bicyclic) bond motifs is 1. The largest absolute Gasteiger partial charge is 0.465 e. The zero-order valence-electron chi connectivity index (χ0n) is 24.7. The first-order chi connectivity index (χ1) is 21.9. The smallest absolute Gasteiger partial charge is 0.341 e. The van der Waals surface area contributed by atoms with Crippen LogP contribution in [0.1, 0.15) is 61.7 Å². The molecule has 0 fully saturated rings. The van der Waals surface area contributed by atoms with Crippen LogP contribution in [0, 0.1) is 0 Å². The number of anilines is 2. The van der Waals surface area contributed by atoms with Crippen LogP contribution in [-0.4, -0.2) is 36.6 Å². The van der Waals surface area contributed by atoms with Crippen LogP contribution in [0.4, 0.5) is 10.7 Å². The first kappa shape index (κ1) is 32.2. The Hall–Kier alpha value is -4.19. The molecule has 232 valence electrons. The number of aryl methyl sites for hydroxylation is 1. The van der Waals surface area contributed by atoms with Crippen molar-refractivity contribution in [2.45, 2.75) is 43.4 Å². The maximum atomic E-state index is 13.3. The van der Waals surface area contributed by atoms with Crippen molar-refractivity contribution in [2.24, 2.45) is 0 Å². The summed E-state index contributed by atoms with van der Waals surface area (Å²) < 4.78 is 5.07. The van der Waals surface area contributed by atoms with Crippen LogP contribution in [0.15, 0.2) is 82.7 Å². The van der Waals surface area contributed by atoms with Gasteiger partial charge in [-0.25, -0.2) is 4.79 Å². The van der Waals surface area contributed by atoms with Gasteiger partial charge in [0.2, 0.25) is 5.91 Å². The lowest BCUT2D eigenvalue weighted by atomic mass is 9.96. The van der Waals surface area contributed by atoms with Gasteiger partial charge in [-0.15, -0.1) is 34.4 Å². The van der Waals surface area contributed by atoms with Gasteiger partial charge < -0.3 is 20.7 Å². The van der Waals surface area contributed by atoms with Gasteiger partial charge in [-0.1, -0.05) is 43.2 Å². The number of hydrogen-bond acceptors (Lipinski definition) is 8. The van der Waals surface area contributed by atoms with Gasteiger partial charge in [-0.05, 0) is 79.1 Å². The van der Waals surface area contributed by atoms with Crippen molar-refractivity contribution < 1.29 is 23.9 Å². The van der Waals surface area contributed by atoms with E-state index < -0.39 is 17.8 Å². The van der Waals surface area contributed by atoms with E-state index in [4.69, 9.17) is 4.74 Å². The summed E-state index contributed by atoms with van der Waals surface area (Å²) in [6.07, 6.45) is 7.70. The molecule has 1 aliphatic rings. The van der Waals surface area contributed by atoms with Crippen molar-refractivity contribution in [3.8, 4) is 0 Å². The van der Waals surface area contributed by atoms with Gasteiger partial charge in [-0.2, -0.15) is 0 Å². The molecule has 0 unspecified atom stereocenters. The fraction of sp³-hybridized carbons (Fsp3) is 0.235. The Morgan fingerprint density at radius 1 is 0.911 bits per heavy atom. The molecule has 0 bridgehead atoms. The maximum Gasteiger partial charge on any atom is 0.341 e. The summed E-state index contributed by atoms with van der Waals surface area (Å²) in [4.78, 5) is 54.6. The first-order valence-electron chi connectivity index (χ1n) is 14.6. The number of nitrogens with one attached hydrogen (secondary N) is 3. The third-order valence-electron chi connectivity index (χ3n) is 7.13. The summed E-state index contributed by atoms with van der Waals surface area (Å²) in [5, 5.41) is 11.0. The minimum absolute atomic E-state index is 0.107. The Morgan fingerprint density at radius 2 is 1.71 bits per heavy atom. The third kappa shape index (κ3) is 8.72. The van der Waals surface area contributed by atoms with Gasteiger partial charge in [0.25, 0.3) is 11.8 Å². The lowest BCUT2D eigenvalue weighted by Crippen LogP contribution is -2.30. The number of methoxy groups -OCH3 is 1. The van der Waals surface area contributed by atoms with Crippen LogP contribution in [0.2, 0.25) is 0 Å². The van der Waals surface area contributed by atoms with Crippen LogP contribution in [0.3, 0.4) is 0 Å². The average Bonchev–Trinajstić information content (AvgIpc) is 3.67. The number of rotatable bonds is 10. The summed E-state index contributed by atoms with van der Waals surface area (Å²) in [6.45, 7) is 0. The monoisotopic (exact) mass is 659 g/mol. The van der Waals surface area contributed by atoms with Crippen LogP contribution >= 0.6 is 34.4 Å². The molecule has 1 aliphatic carbocycles. The van der Waals surface area contributed by atoms with Crippen molar-refractivity contribution in [1.82, 2.24) is 5.32 Å². The normalized spacial score (nSPS) is 13.1. The molecule has 3 N–H and O–H groups in total. The molecule has 8 nitrogen and oxygen atoms in total. The van der Waals surface area contributed by atoms with E-state index in [9.17, 15) is 19.2 Å². The summed E-state index contributed by atoms with van der Waals surface area (Å²) >= 11 is 4.23. The van der Waals surface area contributed by atoms with Gasteiger partial charge in [0.05, 0.1) is 18.4 Å². The number of carbonyl (C=O) groups excluding carboxylic acids is 4. The second-order valence-corrected chi connectivity index (χ2v) is 13.5. The van der Waals surface area contributed by atoms with Crippen molar-refractivity contribution in [3.05, 3.63) is 104 Å². The van der Waals surface area contributed by atoms with Gasteiger partial charge in [0, 0.05) is 25.9 Å². The minimum Gasteiger partial charge on any atom is -0.465 e. The van der Waals surface area contributed by atoms with E-state index in [-0.39, 0.29) is 17.4 Å². The molecule has 3 amide bonds. The molecule has 0 radical (unpaired) electrons. The zero-order chi connectivity index (χ0) is 31.6. The molecule has 0 aliphatic heterocycles. The van der Waals surface area contributed by atoms with E-state index >= 15 is 0 Å². The highest BCUT2D eigenvalue weighted by atomic mass is 32.2. The Balaban J connectivity index is 1.24. The van der Waals surface area contributed by atoms with E-state index in [2.05, 4.69) is 16.0 Å². The van der Waals surface area contributed by atoms with Crippen molar-refractivity contribution in [1.29, 1.82) is 0 Å². The molecule has 11 heteroatoms. The van der Waals surface area contributed by atoms with Gasteiger partial charge in [-0.3, -0.25) is 14.4 Å². The molecule has 0 spiro atoms. The van der Waals surface area contributed by atoms with E-state index in [1.807, 2.05) is 29.6 Å². The topological polar surface area (TPSA) is 114 Å². The van der Waals surface area contributed by atoms with Crippen molar-refractivity contribution >= 4 is 74.9 Å². The van der Waals surface area contributed by atoms with E-state index in [1.165, 1.54) is 41.5 Å². The maximum absolute atomic E-state index is 13.3. The quantitative estimate of drug-likeness (QED) is 0.0930. The minimum atomic E-state index is -0.476. The molecular formula is C34H33N3O5S3. The van der Waals surface area contributed by atoms with Crippen molar-refractivity contribution in [3.63, 3.8) is 0 Å². The zero-order valence-corrected chi connectivity index (χ0v) is 27.2. The average molecular weight is 660 g/mol. The molecule has 45 heavy (non-hydrogen) atoms. The van der Waals surface area contributed by atoms with Gasteiger partial charge in [0.1, 0.15) is 10.7 Å². The van der Waals surface area contributed by atoms with Crippen LogP contribution < -0.4 is 16.0 Å². The van der Waals surface area contributed by atoms with E-state index in [1.54, 1.807) is 48.5 Å². The SMILES string of the molecule is COC(=O)c1c(NC(=O)CSc2cccc(NC(=O)/C(=C/c3cccs3)NC(=O)c3ccccc3)c2)sc2c1CCCCCC2. The van der Waals surface area contributed by atoms with Gasteiger partial charge in [0.15, 0.2) is 0 Å². The summed E-state index contributed by atoms with van der Waals surface area (Å²) in [5.41, 5.74) is 2.54. The summed E-state index contributed by atoms with van der Waals surface area (Å²) in [5.74, 6) is -1.42. The highest BCUT2D eigenvalue weighted by Crippen LogP contribution is 2.37. The van der Waals surface area contributed by atoms with E-state index in [0.29, 0.717) is 21.8 Å². The number of ether oxygens (including phenoxy) is 1. The Labute approximate surface area is 274 Å². The standard InChI is InChI=1S/C34H33N3O5S3/c1-42-34(41)30-26-16-7-2-3-8-17-28(26)45-33(30)37-29(38)21-44-24-14-9-13-23(19-24)35-32(40)27(20-25-15-10-18-43-25)36-31(39)22-11-5-4-6-12-22/h4-6,9-15,18-20H,2-3,7-8,16-17,21H2,1H3,(H,35,40)(H,36,39)(H,37,38)/b27-20-. The highest BCUT2D eigenvalue weighted by Gasteiger charge is 2.26. The lowest BCUT2D eigenvalue weighted by molar-refractivity contribution is -0.114. The Kier molecular flexibility index (Phi) is 11.2. The Bertz CT molecular complexity index is 1700. The number of esters is 1. The second-order valence-electron chi connectivity index (χ2n) is 10.3. The summed E-state index contributed by atoms with van der Waals surface area (Å²) in [6, 6.07) is 19.6. The number of benzene rings is 2. The molecule has 2 aromatic carbocycles. The van der Waals surface area contributed by atoms with Crippen molar-refractivity contribution in [2.75, 3.05) is 23.5 Å². The molecular weight excluding hydrogens is 627 g/mol. The number of carbonyl (C=O) groups is 4. The molecule has 4 aromatic rings. The lowest BCUT2D eigenvalue weighted by Gasteiger charge is -2.12. The van der Waals surface area contributed by atoms with E-state index in [0.717, 1.165) is 58.7 Å². The van der Waals surface area contributed by atoms with Gasteiger partial charge >= 0.3 is 5.97 Å².